The number of carbonyl (C=O) groups excluding carboxylic acids is 1. The molecule has 1 unspecified atom stereocenters. The average Bonchev–Trinajstić information content (AvgIpc) is 2.14. The fraction of sp³-hybridized carbons (Fsp3) is 0.800. The molecule has 1 N–H and O–H groups in total. The lowest BCUT2D eigenvalue weighted by molar-refractivity contribution is -0.307. The number of carbonyl (C=O) groups is 1. The maximum Gasteiger partial charge on any atom is 0.129 e. The van der Waals surface area contributed by atoms with Crippen LogP contribution in [0.1, 0.15) is 6.42 Å². The van der Waals surface area contributed by atoms with E-state index in [-0.39, 0.29) is 11.1 Å². The molecule has 2 atom stereocenters. The molecule has 1 fully saturated rings. The molecule has 0 spiro atoms. The number of carboxylic acids is 1. The van der Waals surface area contributed by atoms with E-state index in [0.717, 1.165) is 12.2 Å². The van der Waals surface area contributed by atoms with Gasteiger partial charge in [-0.1, -0.05) is 0 Å². The van der Waals surface area contributed by atoms with Crippen molar-refractivity contribution in [3.63, 3.8) is 0 Å². The van der Waals surface area contributed by atoms with Crippen LogP contribution in [-0.2, 0) is 15.9 Å². The molecule has 0 radical (unpaired) electrons. The van der Waals surface area contributed by atoms with Crippen LogP contribution in [0.2, 0.25) is 0 Å². The Morgan fingerprint density at radius 1 is 1.89 bits per heavy atom. The number of rotatable bonds is 1. The van der Waals surface area contributed by atoms with E-state index in [0.29, 0.717) is 0 Å². The predicted molar refractivity (Wildman–Crippen MR) is 34.7 cm³/mol. The Balaban J connectivity index is 2.39. The highest BCUT2D eigenvalue weighted by Gasteiger charge is 2.28. The summed E-state index contributed by atoms with van der Waals surface area (Å²) in [6.07, 6.45) is 2.73. The molecule has 0 aromatic heterocycles. The van der Waals surface area contributed by atoms with E-state index >= 15 is 0 Å². The minimum Gasteiger partial charge on any atom is -0.548 e. The lowest BCUT2D eigenvalue weighted by atomic mass is 10.2. The lowest BCUT2D eigenvalue weighted by Crippen LogP contribution is -2.42. The summed E-state index contributed by atoms with van der Waals surface area (Å²) in [6, 6.07) is -0.390. The van der Waals surface area contributed by atoms with Crippen LogP contribution in [0.5, 0.6) is 0 Å². The Kier molecular flexibility index (Phi) is 1.97. The van der Waals surface area contributed by atoms with Crippen LogP contribution in [0.25, 0.3) is 0 Å². The zero-order valence-corrected chi connectivity index (χ0v) is 6.03. The lowest BCUT2D eigenvalue weighted by Gasteiger charge is -2.05. The Hall–Kier alpha value is -0.220. The van der Waals surface area contributed by atoms with E-state index in [9.17, 15) is 9.90 Å². The summed E-state index contributed by atoms with van der Waals surface area (Å²) in [6.45, 7) is 0. The van der Waals surface area contributed by atoms with Crippen molar-refractivity contribution in [3.8, 4) is 0 Å². The van der Waals surface area contributed by atoms with Gasteiger partial charge in [0.05, 0.1) is 23.1 Å². The van der Waals surface area contributed by atoms with Crippen LogP contribution in [0, 0.1) is 0 Å². The zero-order valence-electron chi connectivity index (χ0n) is 5.22. The second-order valence-corrected chi connectivity index (χ2v) is 4.04. The molecule has 3 nitrogen and oxygen atoms in total. The third-order valence-electron chi connectivity index (χ3n) is 1.34. The summed E-state index contributed by atoms with van der Waals surface area (Å²) in [5.41, 5.74) is 0. The van der Waals surface area contributed by atoms with E-state index < -0.39 is 12.0 Å². The Morgan fingerprint density at radius 2 is 2.56 bits per heavy atom. The maximum atomic E-state index is 10.2. The van der Waals surface area contributed by atoms with Gasteiger partial charge in [-0.25, -0.2) is 0 Å². The number of hydrogen-bond acceptors (Lipinski definition) is 3. The highest BCUT2D eigenvalue weighted by molar-refractivity contribution is 7.94. The minimum atomic E-state index is -0.966. The van der Waals surface area contributed by atoms with Gasteiger partial charge in [0.25, 0.3) is 0 Å². The van der Waals surface area contributed by atoms with Gasteiger partial charge in [0.15, 0.2) is 0 Å². The molecule has 1 aliphatic rings. The fourth-order valence-corrected chi connectivity index (χ4v) is 2.23. The predicted octanol–water partition coefficient (Wildman–Crippen LogP) is -1.74. The van der Waals surface area contributed by atoms with Crippen molar-refractivity contribution in [2.75, 3.05) is 12.0 Å². The molecule has 1 saturated heterocycles. The maximum absolute atomic E-state index is 10.2. The summed E-state index contributed by atoms with van der Waals surface area (Å²) >= 11 is 0.106. The number of nitrogens with one attached hydrogen (secondary N) is 1. The van der Waals surface area contributed by atoms with Crippen LogP contribution in [0.15, 0.2) is 0 Å². The number of carboxylic acid groups (broad SMARTS) is 1. The van der Waals surface area contributed by atoms with E-state index in [1.54, 1.807) is 0 Å². The second-order valence-electron chi connectivity index (χ2n) is 2.12. The van der Waals surface area contributed by atoms with Gasteiger partial charge in [-0.05, 0) is 0 Å². The second kappa shape index (κ2) is 2.58. The van der Waals surface area contributed by atoms with E-state index in [2.05, 4.69) is 4.72 Å². The minimum absolute atomic E-state index is 0.106. The van der Waals surface area contributed by atoms with Crippen molar-refractivity contribution < 1.29 is 9.90 Å². The van der Waals surface area contributed by atoms with E-state index in [1.165, 1.54) is 0 Å². The van der Waals surface area contributed by atoms with Crippen LogP contribution < -0.4 is 9.83 Å². The van der Waals surface area contributed by atoms with Gasteiger partial charge in [-0.15, -0.1) is 4.72 Å². The summed E-state index contributed by atoms with van der Waals surface area (Å²) in [7, 11) is 0. The van der Waals surface area contributed by atoms with Gasteiger partial charge < -0.3 is 9.90 Å². The molecule has 0 aromatic rings. The molecule has 0 saturated carbocycles. The Labute approximate surface area is 56.9 Å². The normalized spacial score (nSPS) is 34.8. The standard InChI is InChI=1S/C5H9NO2S/c1-9-3-2-4(6-9)5(7)8/h4,6H,2-3H2,1H3/t4-,9?/m0/s1. The SMILES string of the molecule is C[S+]1CC[C@@H](C(=O)[O-])N1. The molecule has 1 aliphatic heterocycles. The zero-order chi connectivity index (χ0) is 6.85. The van der Waals surface area contributed by atoms with Crippen molar-refractivity contribution >= 4 is 17.1 Å². The van der Waals surface area contributed by atoms with Gasteiger partial charge >= 0.3 is 0 Å². The molecule has 0 amide bonds. The summed E-state index contributed by atoms with van der Waals surface area (Å²) in [5, 5.41) is 10.2. The molecular weight excluding hydrogens is 138 g/mol. The quantitative estimate of drug-likeness (QED) is 0.448. The monoisotopic (exact) mass is 147 g/mol. The first-order chi connectivity index (χ1) is 4.20. The van der Waals surface area contributed by atoms with Gasteiger partial charge in [-0.2, -0.15) is 0 Å². The summed E-state index contributed by atoms with van der Waals surface area (Å²) in [4.78, 5) is 10.2. The molecule has 52 valence electrons. The molecule has 9 heavy (non-hydrogen) atoms. The molecule has 0 aromatic carbocycles. The molecule has 1 rings (SSSR count). The molecular formula is C5H9NO2S. The Morgan fingerprint density at radius 3 is 2.78 bits per heavy atom. The van der Waals surface area contributed by atoms with Gasteiger partial charge in [-0.3, -0.25) is 0 Å². The van der Waals surface area contributed by atoms with Crippen LogP contribution in [0.4, 0.5) is 0 Å². The highest BCUT2D eigenvalue weighted by atomic mass is 32.2. The largest absolute Gasteiger partial charge is 0.548 e. The first kappa shape index (κ1) is 6.89. The Bertz CT molecular complexity index is 128. The van der Waals surface area contributed by atoms with Crippen molar-refractivity contribution in [1.82, 2.24) is 4.72 Å². The van der Waals surface area contributed by atoms with Crippen molar-refractivity contribution in [1.29, 1.82) is 0 Å². The summed E-state index contributed by atoms with van der Waals surface area (Å²) < 4.78 is 2.92. The number of hydrogen-bond donors (Lipinski definition) is 1. The summed E-state index contributed by atoms with van der Waals surface area (Å²) in [5.74, 6) is 0.00500. The van der Waals surface area contributed by atoms with Crippen LogP contribution in [-0.4, -0.2) is 24.0 Å². The molecule has 0 aliphatic carbocycles. The third-order valence-corrected chi connectivity index (χ3v) is 2.88. The smallest absolute Gasteiger partial charge is 0.129 e. The van der Waals surface area contributed by atoms with Gasteiger partial charge in [0.2, 0.25) is 0 Å². The average molecular weight is 147 g/mol. The van der Waals surface area contributed by atoms with Crippen LogP contribution >= 0.6 is 0 Å². The van der Waals surface area contributed by atoms with E-state index in [1.807, 2.05) is 6.26 Å². The molecule has 4 heteroatoms. The third kappa shape index (κ3) is 1.59. The topological polar surface area (TPSA) is 52.2 Å². The molecule has 1 heterocycles. The van der Waals surface area contributed by atoms with Crippen molar-refractivity contribution in [2.45, 2.75) is 12.5 Å². The fourth-order valence-electron chi connectivity index (χ4n) is 0.821. The van der Waals surface area contributed by atoms with Gasteiger partial charge in [0.1, 0.15) is 12.0 Å². The van der Waals surface area contributed by atoms with Crippen molar-refractivity contribution in [3.05, 3.63) is 0 Å². The highest BCUT2D eigenvalue weighted by Crippen LogP contribution is 2.06. The van der Waals surface area contributed by atoms with E-state index in [4.69, 9.17) is 0 Å². The van der Waals surface area contributed by atoms with Crippen LogP contribution in [0.3, 0.4) is 0 Å². The first-order valence-electron chi connectivity index (χ1n) is 2.79. The van der Waals surface area contributed by atoms with Gasteiger partial charge in [0, 0.05) is 6.42 Å². The van der Waals surface area contributed by atoms with Crippen molar-refractivity contribution in [2.24, 2.45) is 0 Å². The first-order valence-corrected chi connectivity index (χ1v) is 4.60. The molecule has 0 bridgehead atoms. The number of aliphatic carboxylic acids is 1.